The van der Waals surface area contributed by atoms with E-state index in [4.69, 9.17) is 16.2 Å². The fraction of sp³-hybridized carbons (Fsp3) is 0.167. The van der Waals surface area contributed by atoms with Crippen LogP contribution in [0, 0.1) is 0 Å². The Balaban J connectivity index is 2.47. The summed E-state index contributed by atoms with van der Waals surface area (Å²) in [5, 5.41) is 0. The Morgan fingerprint density at radius 2 is 2.07 bits per heavy atom. The fourth-order valence-corrected chi connectivity index (χ4v) is 1.65. The van der Waals surface area contributed by atoms with Crippen molar-refractivity contribution in [3.05, 3.63) is 41.7 Å². The molecule has 0 aliphatic carbocycles. The molecule has 0 saturated heterocycles. The quantitative estimate of drug-likeness (QED) is 0.717. The first-order valence-corrected chi connectivity index (χ1v) is 4.88. The highest BCUT2D eigenvalue weighted by atomic mass is 16.5. The van der Waals surface area contributed by atoms with Crippen molar-refractivity contribution in [1.82, 2.24) is 0 Å². The highest BCUT2D eigenvalue weighted by Crippen LogP contribution is 2.33. The molecule has 0 aromatic heterocycles. The molecule has 0 amide bonds. The predicted molar refractivity (Wildman–Crippen MR) is 62.4 cm³/mol. The van der Waals surface area contributed by atoms with Crippen LogP contribution in [0.5, 0.6) is 5.75 Å². The molecule has 1 aromatic carbocycles. The minimum Gasteiger partial charge on any atom is -0.457 e. The van der Waals surface area contributed by atoms with Gasteiger partial charge in [-0.2, -0.15) is 0 Å². The van der Waals surface area contributed by atoms with E-state index in [1.54, 1.807) is 0 Å². The third-order valence-electron chi connectivity index (χ3n) is 2.43. The summed E-state index contributed by atoms with van der Waals surface area (Å²) in [5.41, 5.74) is 14.3. The number of anilines is 1. The van der Waals surface area contributed by atoms with Crippen molar-refractivity contribution in [2.75, 3.05) is 12.3 Å². The first-order valence-electron chi connectivity index (χ1n) is 4.88. The Morgan fingerprint density at radius 3 is 2.80 bits per heavy atom. The topological polar surface area (TPSA) is 61.3 Å². The van der Waals surface area contributed by atoms with Crippen molar-refractivity contribution in [2.45, 2.75) is 6.42 Å². The summed E-state index contributed by atoms with van der Waals surface area (Å²) in [4.78, 5) is 0. The average Bonchev–Trinajstić information content (AvgIpc) is 2.22. The molecule has 0 spiro atoms. The van der Waals surface area contributed by atoms with Crippen LogP contribution >= 0.6 is 0 Å². The number of hydrogen-bond donors (Lipinski definition) is 2. The monoisotopic (exact) mass is 202 g/mol. The second-order valence-electron chi connectivity index (χ2n) is 3.49. The molecule has 15 heavy (non-hydrogen) atoms. The Hall–Kier alpha value is -1.74. The van der Waals surface area contributed by atoms with Gasteiger partial charge in [0.25, 0.3) is 0 Å². The van der Waals surface area contributed by atoms with Gasteiger partial charge < -0.3 is 16.2 Å². The van der Waals surface area contributed by atoms with Crippen molar-refractivity contribution in [3.8, 4) is 5.75 Å². The lowest BCUT2D eigenvalue weighted by molar-refractivity contribution is 0.442. The molecule has 4 N–H and O–H groups in total. The Labute approximate surface area is 89.0 Å². The number of ether oxygens (including phenoxy) is 1. The van der Waals surface area contributed by atoms with Crippen molar-refractivity contribution >= 4 is 11.8 Å². The molecule has 1 aromatic rings. The van der Waals surface area contributed by atoms with E-state index >= 15 is 0 Å². The highest BCUT2D eigenvalue weighted by molar-refractivity contribution is 5.75. The number of rotatable bonds is 2. The molecule has 0 saturated carbocycles. The third-order valence-corrected chi connectivity index (χ3v) is 2.43. The van der Waals surface area contributed by atoms with Crippen LogP contribution in [0.1, 0.15) is 11.1 Å². The van der Waals surface area contributed by atoms with Gasteiger partial charge in [-0.1, -0.05) is 12.6 Å². The Kier molecular flexibility index (Phi) is 2.47. The van der Waals surface area contributed by atoms with Gasteiger partial charge in [-0.3, -0.25) is 0 Å². The lowest BCUT2D eigenvalue weighted by Crippen LogP contribution is -2.08. The number of allylic oxidation sites excluding steroid dienone is 1. The lowest BCUT2D eigenvalue weighted by Gasteiger charge is -2.17. The van der Waals surface area contributed by atoms with Gasteiger partial charge in [0.2, 0.25) is 0 Å². The molecular weight excluding hydrogens is 188 g/mol. The Bertz CT molecular complexity index is 435. The van der Waals surface area contributed by atoms with Crippen LogP contribution < -0.4 is 16.2 Å². The molecule has 2 rings (SSSR count). The van der Waals surface area contributed by atoms with Gasteiger partial charge in [0, 0.05) is 11.3 Å². The van der Waals surface area contributed by atoms with E-state index < -0.39 is 0 Å². The first kappa shape index (κ1) is 9.80. The average molecular weight is 202 g/mol. The molecule has 0 unspecified atom stereocenters. The highest BCUT2D eigenvalue weighted by Gasteiger charge is 2.13. The van der Waals surface area contributed by atoms with E-state index in [1.807, 2.05) is 24.3 Å². The van der Waals surface area contributed by atoms with Gasteiger partial charge in [0.05, 0.1) is 0 Å². The van der Waals surface area contributed by atoms with E-state index in [2.05, 4.69) is 6.58 Å². The molecule has 0 bridgehead atoms. The zero-order valence-corrected chi connectivity index (χ0v) is 8.49. The van der Waals surface area contributed by atoms with E-state index in [9.17, 15) is 0 Å². The molecule has 0 radical (unpaired) electrons. The van der Waals surface area contributed by atoms with Crippen LogP contribution in [0.25, 0.3) is 6.08 Å². The molecule has 78 valence electrons. The molecule has 0 atom stereocenters. The number of benzene rings is 1. The first-order chi connectivity index (χ1) is 7.22. The molecule has 0 fully saturated rings. The van der Waals surface area contributed by atoms with Crippen LogP contribution in [0.4, 0.5) is 5.69 Å². The van der Waals surface area contributed by atoms with E-state index in [0.717, 1.165) is 29.0 Å². The summed E-state index contributed by atoms with van der Waals surface area (Å²) in [6, 6.07) is 3.86. The predicted octanol–water partition coefficient (Wildman–Crippen LogP) is 1.69. The summed E-state index contributed by atoms with van der Waals surface area (Å²) in [6.45, 7) is 4.33. The number of nitrogens with two attached hydrogens (primary N) is 2. The van der Waals surface area contributed by atoms with E-state index in [1.165, 1.54) is 0 Å². The van der Waals surface area contributed by atoms with Gasteiger partial charge in [-0.05, 0) is 36.7 Å². The minimum absolute atomic E-state index is 0.597. The van der Waals surface area contributed by atoms with E-state index in [-0.39, 0.29) is 0 Å². The normalized spacial score (nSPS) is 13.5. The maximum absolute atomic E-state index is 6.02. The number of fused-ring (bicyclic) bond motifs is 1. The summed E-state index contributed by atoms with van der Waals surface area (Å²) in [5.74, 6) is 1.40. The van der Waals surface area contributed by atoms with Gasteiger partial charge in [0.15, 0.2) is 0 Å². The standard InChI is InChI=1S/C12H14N2O/c1-8-2-4-10-11(15-8)5-3-9(6-7-13)12(10)14/h2-5H,1,6-7,13-14H2. The SMILES string of the molecule is C=C1C=Cc2c(ccc(CCN)c2N)O1. The van der Waals surface area contributed by atoms with Crippen LogP contribution in [-0.4, -0.2) is 6.54 Å². The van der Waals surface area contributed by atoms with Crippen molar-refractivity contribution < 1.29 is 4.74 Å². The minimum atomic E-state index is 0.597. The second-order valence-corrected chi connectivity index (χ2v) is 3.49. The molecule has 1 heterocycles. The molecule has 1 aliphatic heterocycles. The zero-order valence-electron chi connectivity index (χ0n) is 8.49. The number of nitrogen functional groups attached to an aromatic ring is 1. The summed E-state index contributed by atoms with van der Waals surface area (Å²) >= 11 is 0. The van der Waals surface area contributed by atoms with Gasteiger partial charge >= 0.3 is 0 Å². The molecule has 3 nitrogen and oxygen atoms in total. The Morgan fingerprint density at radius 1 is 1.27 bits per heavy atom. The smallest absolute Gasteiger partial charge is 0.136 e. The van der Waals surface area contributed by atoms with Crippen LogP contribution in [0.2, 0.25) is 0 Å². The zero-order chi connectivity index (χ0) is 10.8. The van der Waals surface area contributed by atoms with Crippen molar-refractivity contribution in [3.63, 3.8) is 0 Å². The van der Waals surface area contributed by atoms with Gasteiger partial charge in [0.1, 0.15) is 11.5 Å². The maximum atomic E-state index is 6.02. The fourth-order valence-electron chi connectivity index (χ4n) is 1.65. The van der Waals surface area contributed by atoms with Crippen molar-refractivity contribution in [2.24, 2.45) is 5.73 Å². The third kappa shape index (κ3) is 1.74. The molecule has 1 aliphatic rings. The summed E-state index contributed by atoms with van der Waals surface area (Å²) in [7, 11) is 0. The second kappa shape index (κ2) is 3.79. The van der Waals surface area contributed by atoms with Gasteiger partial charge in [-0.25, -0.2) is 0 Å². The summed E-state index contributed by atoms with van der Waals surface area (Å²) in [6.07, 6.45) is 4.52. The van der Waals surface area contributed by atoms with Crippen LogP contribution in [0.3, 0.4) is 0 Å². The van der Waals surface area contributed by atoms with Crippen molar-refractivity contribution in [1.29, 1.82) is 0 Å². The molecular formula is C12H14N2O. The summed E-state index contributed by atoms with van der Waals surface area (Å²) < 4.78 is 5.45. The molecule has 3 heteroatoms. The largest absolute Gasteiger partial charge is 0.457 e. The van der Waals surface area contributed by atoms with Crippen LogP contribution in [0.15, 0.2) is 30.5 Å². The maximum Gasteiger partial charge on any atom is 0.136 e. The van der Waals surface area contributed by atoms with Gasteiger partial charge in [-0.15, -0.1) is 0 Å². The van der Waals surface area contributed by atoms with E-state index in [0.29, 0.717) is 12.3 Å². The number of hydrogen-bond acceptors (Lipinski definition) is 3. The van der Waals surface area contributed by atoms with Crippen LogP contribution in [-0.2, 0) is 6.42 Å². The lowest BCUT2D eigenvalue weighted by atomic mass is 10.0.